The molecular weight excluding hydrogens is 339 g/mol. The molecule has 0 unspecified atom stereocenters. The average molecular weight is 359 g/mol. The van der Waals surface area contributed by atoms with Crippen molar-refractivity contribution in [3.05, 3.63) is 23.0 Å². The molecule has 0 saturated carbocycles. The number of benzene rings is 1. The van der Waals surface area contributed by atoms with E-state index in [1.165, 1.54) is 11.0 Å². The van der Waals surface area contributed by atoms with Crippen molar-refractivity contribution in [3.8, 4) is 5.75 Å². The summed E-state index contributed by atoms with van der Waals surface area (Å²) < 4.78 is 24.0. The van der Waals surface area contributed by atoms with E-state index < -0.39 is 23.9 Å². The summed E-state index contributed by atoms with van der Waals surface area (Å²) in [5, 5.41) is 2.90. The summed E-state index contributed by atoms with van der Waals surface area (Å²) in [6.07, 6.45) is 1.21. The number of rotatable bonds is 5. The third-order valence-electron chi connectivity index (χ3n) is 3.60. The van der Waals surface area contributed by atoms with E-state index in [0.717, 1.165) is 18.9 Å². The molecule has 1 fully saturated rings. The van der Waals surface area contributed by atoms with Crippen LogP contribution in [0.4, 0.5) is 14.9 Å². The topological polar surface area (TPSA) is 67.9 Å². The number of ether oxygens (including phenoxy) is 2. The first-order chi connectivity index (χ1) is 11.4. The number of halogens is 2. The molecule has 0 aliphatic carbocycles. The van der Waals surface area contributed by atoms with Crippen LogP contribution in [0.15, 0.2) is 12.1 Å². The van der Waals surface area contributed by atoms with E-state index in [-0.39, 0.29) is 23.1 Å². The molecule has 6 nitrogen and oxygen atoms in total. The Morgan fingerprint density at radius 3 is 2.67 bits per heavy atom. The van der Waals surface area contributed by atoms with Crippen molar-refractivity contribution >= 4 is 29.4 Å². The van der Waals surface area contributed by atoms with Crippen molar-refractivity contribution in [3.63, 3.8) is 0 Å². The molecule has 1 saturated heterocycles. The number of hydrogen-bond acceptors (Lipinski definition) is 5. The molecule has 1 N–H and O–H groups in total. The Bertz CT molecular complexity index is 620. The van der Waals surface area contributed by atoms with Gasteiger partial charge in [0.25, 0.3) is 0 Å². The molecule has 8 heteroatoms. The molecule has 1 aliphatic rings. The Morgan fingerprint density at radius 2 is 2.04 bits per heavy atom. The van der Waals surface area contributed by atoms with Gasteiger partial charge in [0.2, 0.25) is 0 Å². The van der Waals surface area contributed by atoms with Gasteiger partial charge in [-0.15, -0.1) is 0 Å². The van der Waals surface area contributed by atoms with Crippen LogP contribution in [0.1, 0.15) is 26.7 Å². The standard InChI is InChI=1S/C16H20ClFN2O4/c1-3-23-15(21)10(2)19-13-9-14(12(18)8-11(13)17)24-16(22)20-6-4-5-7-20/h8-10,19H,3-7H2,1-2H3/t10-/m1/s1. The fourth-order valence-electron chi connectivity index (χ4n) is 2.34. The first-order valence-electron chi connectivity index (χ1n) is 7.81. The van der Waals surface area contributed by atoms with Crippen LogP contribution in [0.5, 0.6) is 5.75 Å². The molecule has 1 amide bonds. The lowest BCUT2D eigenvalue weighted by Gasteiger charge is -2.18. The molecule has 1 atom stereocenters. The minimum absolute atomic E-state index is 0.0737. The highest BCUT2D eigenvalue weighted by atomic mass is 35.5. The van der Waals surface area contributed by atoms with Gasteiger partial charge in [-0.3, -0.25) is 0 Å². The van der Waals surface area contributed by atoms with Crippen LogP contribution >= 0.6 is 11.6 Å². The number of esters is 1. The zero-order chi connectivity index (χ0) is 17.7. The lowest BCUT2D eigenvalue weighted by molar-refractivity contribution is -0.143. The van der Waals surface area contributed by atoms with Crippen LogP contribution in [0.2, 0.25) is 5.02 Å². The van der Waals surface area contributed by atoms with E-state index in [2.05, 4.69) is 5.32 Å². The number of nitrogens with zero attached hydrogens (tertiary/aromatic N) is 1. The SMILES string of the molecule is CCOC(=O)[C@@H](C)Nc1cc(OC(=O)N2CCCC2)c(F)cc1Cl. The zero-order valence-electron chi connectivity index (χ0n) is 13.6. The van der Waals surface area contributed by atoms with E-state index >= 15 is 0 Å². The van der Waals surface area contributed by atoms with Gasteiger partial charge in [0.05, 0.1) is 17.3 Å². The molecular formula is C16H20ClFN2O4. The van der Waals surface area contributed by atoms with Gasteiger partial charge in [-0.25, -0.2) is 14.0 Å². The average Bonchev–Trinajstić information content (AvgIpc) is 3.06. The summed E-state index contributed by atoms with van der Waals surface area (Å²) in [5.41, 5.74) is 0.280. The summed E-state index contributed by atoms with van der Waals surface area (Å²) in [5.74, 6) is -1.45. The first-order valence-corrected chi connectivity index (χ1v) is 8.19. The van der Waals surface area contributed by atoms with Gasteiger partial charge in [0.15, 0.2) is 11.6 Å². The van der Waals surface area contributed by atoms with Gasteiger partial charge in [0, 0.05) is 19.2 Å². The third-order valence-corrected chi connectivity index (χ3v) is 3.91. The maximum Gasteiger partial charge on any atom is 0.415 e. The number of hydrogen-bond donors (Lipinski definition) is 1. The van der Waals surface area contributed by atoms with Crippen LogP contribution in [0.3, 0.4) is 0 Å². The molecule has 0 bridgehead atoms. The van der Waals surface area contributed by atoms with Gasteiger partial charge in [-0.05, 0) is 32.8 Å². The second-order valence-electron chi connectivity index (χ2n) is 5.44. The van der Waals surface area contributed by atoms with Gasteiger partial charge >= 0.3 is 12.1 Å². The Kier molecular flexibility index (Phi) is 6.25. The molecule has 1 aromatic carbocycles. The van der Waals surface area contributed by atoms with Gasteiger partial charge in [-0.1, -0.05) is 11.6 Å². The Hall–Kier alpha value is -2.02. The van der Waals surface area contributed by atoms with E-state index in [9.17, 15) is 14.0 Å². The number of carbonyl (C=O) groups is 2. The molecule has 1 aromatic rings. The fraction of sp³-hybridized carbons (Fsp3) is 0.500. The lowest BCUT2D eigenvalue weighted by Crippen LogP contribution is -2.31. The Balaban J connectivity index is 2.12. The second-order valence-corrected chi connectivity index (χ2v) is 5.85. The minimum atomic E-state index is -0.748. The Morgan fingerprint density at radius 1 is 1.38 bits per heavy atom. The highest BCUT2D eigenvalue weighted by Gasteiger charge is 2.22. The molecule has 1 aliphatic heterocycles. The predicted octanol–water partition coefficient (Wildman–Crippen LogP) is 3.44. The molecule has 2 rings (SSSR count). The summed E-state index contributed by atoms with van der Waals surface area (Å²) in [6, 6.07) is 1.62. The smallest absolute Gasteiger partial charge is 0.415 e. The van der Waals surface area contributed by atoms with Crippen LogP contribution in [0, 0.1) is 5.82 Å². The predicted molar refractivity (Wildman–Crippen MR) is 88.0 cm³/mol. The highest BCUT2D eigenvalue weighted by Crippen LogP contribution is 2.31. The first kappa shape index (κ1) is 18.3. The molecule has 0 radical (unpaired) electrons. The van der Waals surface area contributed by atoms with Crippen molar-refractivity contribution in [2.45, 2.75) is 32.7 Å². The van der Waals surface area contributed by atoms with Crippen molar-refractivity contribution in [1.29, 1.82) is 0 Å². The number of nitrogens with one attached hydrogen (secondary N) is 1. The van der Waals surface area contributed by atoms with Gasteiger partial charge in [-0.2, -0.15) is 0 Å². The fourth-order valence-corrected chi connectivity index (χ4v) is 2.54. The quantitative estimate of drug-likeness (QED) is 0.817. The lowest BCUT2D eigenvalue weighted by atomic mass is 10.2. The number of amides is 1. The van der Waals surface area contributed by atoms with Crippen LogP contribution in [-0.2, 0) is 9.53 Å². The minimum Gasteiger partial charge on any atom is -0.464 e. The van der Waals surface area contributed by atoms with E-state index in [0.29, 0.717) is 13.1 Å². The van der Waals surface area contributed by atoms with Crippen molar-refractivity contribution in [2.75, 3.05) is 25.0 Å². The van der Waals surface area contributed by atoms with Crippen LogP contribution < -0.4 is 10.1 Å². The molecule has 1 heterocycles. The van der Waals surface area contributed by atoms with Gasteiger partial charge < -0.3 is 19.7 Å². The molecule has 132 valence electrons. The zero-order valence-corrected chi connectivity index (χ0v) is 14.4. The van der Waals surface area contributed by atoms with Crippen molar-refractivity contribution < 1.29 is 23.5 Å². The van der Waals surface area contributed by atoms with Crippen molar-refractivity contribution in [2.24, 2.45) is 0 Å². The maximum absolute atomic E-state index is 14.0. The molecule has 24 heavy (non-hydrogen) atoms. The summed E-state index contributed by atoms with van der Waals surface area (Å²) in [4.78, 5) is 25.2. The molecule has 0 aromatic heterocycles. The monoisotopic (exact) mass is 358 g/mol. The maximum atomic E-state index is 14.0. The largest absolute Gasteiger partial charge is 0.464 e. The third kappa shape index (κ3) is 4.50. The van der Waals surface area contributed by atoms with E-state index in [1.807, 2.05) is 0 Å². The van der Waals surface area contributed by atoms with E-state index in [4.69, 9.17) is 21.1 Å². The normalized spacial score (nSPS) is 15.1. The van der Waals surface area contributed by atoms with Crippen LogP contribution in [0.25, 0.3) is 0 Å². The van der Waals surface area contributed by atoms with Gasteiger partial charge in [0.1, 0.15) is 6.04 Å². The highest BCUT2D eigenvalue weighted by molar-refractivity contribution is 6.33. The molecule has 0 spiro atoms. The Labute approximate surface area is 144 Å². The van der Waals surface area contributed by atoms with E-state index in [1.54, 1.807) is 13.8 Å². The van der Waals surface area contributed by atoms with Crippen molar-refractivity contribution in [1.82, 2.24) is 4.90 Å². The summed E-state index contributed by atoms with van der Waals surface area (Å²) in [7, 11) is 0. The number of anilines is 1. The summed E-state index contributed by atoms with van der Waals surface area (Å²) in [6.45, 7) is 4.73. The second kappa shape index (κ2) is 8.19. The number of carbonyl (C=O) groups excluding carboxylic acids is 2. The van der Waals surface area contributed by atoms with Crippen LogP contribution in [-0.4, -0.2) is 42.7 Å². The summed E-state index contributed by atoms with van der Waals surface area (Å²) >= 11 is 5.99. The number of likely N-dealkylation sites (tertiary alicyclic amines) is 1.